The largest absolute Gasteiger partial charge is 0.356 e. The van der Waals surface area contributed by atoms with Gasteiger partial charge in [-0.2, -0.15) is 0 Å². The van der Waals surface area contributed by atoms with Crippen molar-refractivity contribution in [2.75, 3.05) is 38.1 Å². The monoisotopic (exact) mass is 512 g/mol. The number of nitrogens with zero attached hydrogens (tertiary/aromatic N) is 6. The molecule has 2 aliphatic heterocycles. The second-order valence-electron chi connectivity index (χ2n) is 9.92. The van der Waals surface area contributed by atoms with Gasteiger partial charge in [-0.15, -0.1) is 0 Å². The Bertz CT molecular complexity index is 1070. The summed E-state index contributed by atoms with van der Waals surface area (Å²) >= 11 is 12.3. The Morgan fingerprint density at radius 1 is 0.943 bits per heavy atom. The third-order valence-electron chi connectivity index (χ3n) is 7.64. The highest BCUT2D eigenvalue weighted by molar-refractivity contribution is 6.31. The fraction of sp³-hybridized carbons (Fsp3) is 0.481. The van der Waals surface area contributed by atoms with Gasteiger partial charge in [-0.25, -0.2) is 9.97 Å². The molecule has 0 bridgehead atoms. The van der Waals surface area contributed by atoms with Crippen LogP contribution < -0.4 is 4.90 Å². The number of piperazine rings is 1. The van der Waals surface area contributed by atoms with Crippen LogP contribution in [-0.4, -0.2) is 75.7 Å². The van der Waals surface area contributed by atoms with Crippen LogP contribution in [0.15, 0.2) is 61.3 Å². The molecule has 2 fully saturated rings. The van der Waals surface area contributed by atoms with Gasteiger partial charge in [0.25, 0.3) is 0 Å². The van der Waals surface area contributed by atoms with Crippen LogP contribution in [0.5, 0.6) is 0 Å². The number of aromatic nitrogens is 3. The van der Waals surface area contributed by atoms with Crippen molar-refractivity contribution in [1.29, 1.82) is 0 Å². The molecule has 0 saturated carbocycles. The highest BCUT2D eigenvalue weighted by Gasteiger charge is 2.37. The van der Waals surface area contributed by atoms with E-state index < -0.39 is 0 Å². The van der Waals surface area contributed by atoms with Crippen molar-refractivity contribution in [3.8, 4) is 0 Å². The number of hydrogen-bond donors (Lipinski definition) is 0. The zero-order valence-electron chi connectivity index (χ0n) is 20.3. The number of rotatable bonds is 7. The molecule has 35 heavy (non-hydrogen) atoms. The van der Waals surface area contributed by atoms with Crippen molar-refractivity contribution in [2.24, 2.45) is 0 Å². The Morgan fingerprint density at radius 3 is 2.46 bits per heavy atom. The van der Waals surface area contributed by atoms with E-state index in [1.807, 2.05) is 36.8 Å². The predicted molar refractivity (Wildman–Crippen MR) is 143 cm³/mol. The van der Waals surface area contributed by atoms with Gasteiger partial charge in [0, 0.05) is 79.5 Å². The van der Waals surface area contributed by atoms with E-state index in [-0.39, 0.29) is 0 Å². The van der Waals surface area contributed by atoms with E-state index in [1.54, 1.807) is 6.20 Å². The molecule has 0 unspecified atom stereocenters. The summed E-state index contributed by atoms with van der Waals surface area (Å²) in [5.74, 6) is 0.992. The third-order valence-corrected chi connectivity index (χ3v) is 8.13. The molecule has 0 N–H and O–H groups in total. The minimum Gasteiger partial charge on any atom is -0.356 e. The molecule has 8 heteroatoms. The molecule has 6 nitrogen and oxygen atoms in total. The van der Waals surface area contributed by atoms with Crippen LogP contribution >= 0.6 is 23.2 Å². The molecular weight excluding hydrogens is 479 g/mol. The summed E-state index contributed by atoms with van der Waals surface area (Å²) in [6.45, 7) is 5.17. The maximum Gasteiger partial charge on any atom is 0.129 e. The SMILES string of the molecule is CN1C[C@H](CCc2ccc(Cl)cc2)N(C2CCN(c3cc(Cl)ccn3)CC2)C[C@@H]1Cn1ccnc1. The summed E-state index contributed by atoms with van der Waals surface area (Å²) in [6, 6.07) is 13.8. The fourth-order valence-electron chi connectivity index (χ4n) is 5.64. The number of likely N-dealkylation sites (N-methyl/N-ethyl adjacent to an activating group) is 1. The summed E-state index contributed by atoms with van der Waals surface area (Å²) in [7, 11) is 2.28. The number of piperidine rings is 1. The van der Waals surface area contributed by atoms with Crippen molar-refractivity contribution in [3.05, 3.63) is 76.9 Å². The van der Waals surface area contributed by atoms with Crippen LogP contribution in [0.25, 0.3) is 0 Å². The molecule has 5 rings (SSSR count). The van der Waals surface area contributed by atoms with E-state index in [9.17, 15) is 0 Å². The Hall–Kier alpha value is -2.12. The highest BCUT2D eigenvalue weighted by Crippen LogP contribution is 2.29. The van der Waals surface area contributed by atoms with Crippen LogP contribution in [0.1, 0.15) is 24.8 Å². The lowest BCUT2D eigenvalue weighted by Crippen LogP contribution is -2.62. The first-order valence-electron chi connectivity index (χ1n) is 12.6. The molecule has 2 saturated heterocycles. The number of benzene rings is 1. The molecule has 0 radical (unpaired) electrons. The van der Waals surface area contributed by atoms with E-state index >= 15 is 0 Å². The number of pyridine rings is 1. The van der Waals surface area contributed by atoms with Gasteiger partial charge in [0.15, 0.2) is 0 Å². The van der Waals surface area contributed by atoms with Crippen molar-refractivity contribution in [2.45, 2.75) is 50.4 Å². The smallest absolute Gasteiger partial charge is 0.129 e. The lowest BCUT2D eigenvalue weighted by atomic mass is 9.94. The summed E-state index contributed by atoms with van der Waals surface area (Å²) in [5.41, 5.74) is 1.36. The average molecular weight is 514 g/mol. The molecule has 186 valence electrons. The molecule has 2 aliphatic rings. The number of hydrogen-bond acceptors (Lipinski definition) is 5. The quantitative estimate of drug-likeness (QED) is 0.451. The second-order valence-corrected chi connectivity index (χ2v) is 10.8. The van der Waals surface area contributed by atoms with Gasteiger partial charge in [0.2, 0.25) is 0 Å². The van der Waals surface area contributed by atoms with Crippen LogP contribution in [0.4, 0.5) is 5.82 Å². The number of imidazole rings is 1. The first-order chi connectivity index (χ1) is 17.0. The number of anilines is 1. The zero-order chi connectivity index (χ0) is 24.2. The fourth-order valence-corrected chi connectivity index (χ4v) is 5.92. The minimum absolute atomic E-state index is 0.476. The van der Waals surface area contributed by atoms with Crippen molar-refractivity contribution in [3.63, 3.8) is 0 Å². The predicted octanol–water partition coefficient (Wildman–Crippen LogP) is 4.87. The van der Waals surface area contributed by atoms with Crippen LogP contribution in [-0.2, 0) is 13.0 Å². The highest BCUT2D eigenvalue weighted by atomic mass is 35.5. The van der Waals surface area contributed by atoms with Gasteiger partial charge in [0.05, 0.1) is 6.33 Å². The average Bonchev–Trinajstić information content (AvgIpc) is 3.38. The molecule has 3 aromatic rings. The van der Waals surface area contributed by atoms with Crippen molar-refractivity contribution < 1.29 is 0 Å². The van der Waals surface area contributed by atoms with Crippen LogP contribution in [0, 0.1) is 0 Å². The number of aryl methyl sites for hydroxylation is 1. The molecule has 4 heterocycles. The van der Waals surface area contributed by atoms with E-state index in [2.05, 4.69) is 54.6 Å². The summed E-state index contributed by atoms with van der Waals surface area (Å²) < 4.78 is 2.21. The Balaban J connectivity index is 1.27. The normalized spacial score (nSPS) is 22.5. The van der Waals surface area contributed by atoms with Crippen molar-refractivity contribution in [1.82, 2.24) is 24.3 Å². The Kier molecular flexibility index (Phi) is 7.93. The molecule has 0 aliphatic carbocycles. The zero-order valence-corrected chi connectivity index (χ0v) is 21.8. The van der Waals surface area contributed by atoms with Gasteiger partial charge in [0.1, 0.15) is 5.82 Å². The Labute approximate surface area is 218 Å². The lowest BCUT2D eigenvalue weighted by molar-refractivity contribution is -0.00121. The number of halogens is 2. The van der Waals surface area contributed by atoms with E-state index in [0.717, 1.165) is 74.3 Å². The minimum atomic E-state index is 0.476. The van der Waals surface area contributed by atoms with Gasteiger partial charge in [-0.05, 0) is 62.6 Å². The summed E-state index contributed by atoms with van der Waals surface area (Å²) in [4.78, 5) is 16.5. The molecular formula is C27H34Cl2N6. The van der Waals surface area contributed by atoms with Crippen molar-refractivity contribution >= 4 is 29.0 Å². The van der Waals surface area contributed by atoms with Gasteiger partial charge >= 0.3 is 0 Å². The van der Waals surface area contributed by atoms with Gasteiger partial charge in [-0.1, -0.05) is 35.3 Å². The second kappa shape index (κ2) is 11.3. The maximum atomic E-state index is 6.22. The lowest BCUT2D eigenvalue weighted by Gasteiger charge is -2.50. The molecule has 0 amide bonds. The molecule has 1 aromatic carbocycles. The first-order valence-corrected chi connectivity index (χ1v) is 13.3. The van der Waals surface area contributed by atoms with Crippen LogP contribution in [0.3, 0.4) is 0 Å². The van der Waals surface area contributed by atoms with Crippen LogP contribution in [0.2, 0.25) is 10.0 Å². The van der Waals surface area contributed by atoms with E-state index in [1.165, 1.54) is 5.56 Å². The molecule has 0 spiro atoms. The molecule has 2 aromatic heterocycles. The van der Waals surface area contributed by atoms with E-state index in [0.29, 0.717) is 18.1 Å². The Morgan fingerprint density at radius 2 is 1.74 bits per heavy atom. The van der Waals surface area contributed by atoms with Gasteiger partial charge in [-0.3, -0.25) is 9.80 Å². The summed E-state index contributed by atoms with van der Waals surface area (Å²) in [5, 5.41) is 1.55. The third kappa shape index (κ3) is 6.18. The topological polar surface area (TPSA) is 40.4 Å². The summed E-state index contributed by atoms with van der Waals surface area (Å²) in [6.07, 6.45) is 12.2. The van der Waals surface area contributed by atoms with Gasteiger partial charge < -0.3 is 9.47 Å². The standard InChI is InChI=1S/C27H34Cl2N6/c1-32-17-25(7-4-21-2-5-22(28)6-3-21)35(19-26(32)18-33-15-12-30-20-33)24-9-13-34(14-10-24)27-16-23(29)8-11-31-27/h2-3,5-6,8,11-12,15-16,20,24-26H,4,7,9-10,13-14,17-19H2,1H3/t25-,26-/m0/s1. The molecule has 2 atom stereocenters. The maximum absolute atomic E-state index is 6.22. The first kappa shape index (κ1) is 24.6. The van der Waals surface area contributed by atoms with E-state index in [4.69, 9.17) is 23.2 Å².